The highest BCUT2D eigenvalue weighted by molar-refractivity contribution is 6.32. The highest BCUT2D eigenvalue weighted by Gasteiger charge is 2.15. The van der Waals surface area contributed by atoms with Crippen molar-refractivity contribution in [2.75, 3.05) is 11.9 Å². The number of benzene rings is 2. The number of ether oxygens (including phenoxy) is 1. The summed E-state index contributed by atoms with van der Waals surface area (Å²) in [5.74, 6) is -0.369. The smallest absolute Gasteiger partial charge is 0.346 e. The Labute approximate surface area is 162 Å². The molecule has 1 amide bonds. The fraction of sp³-hybridized carbons (Fsp3) is 0.0952. The van der Waals surface area contributed by atoms with Crippen LogP contribution in [0.5, 0.6) is 5.75 Å². The molecular formula is C21H17ClN2O3. The maximum Gasteiger partial charge on any atom is 0.346 e. The van der Waals surface area contributed by atoms with Gasteiger partial charge < -0.3 is 9.64 Å². The Morgan fingerprint density at radius 1 is 1.00 bits per heavy atom. The lowest BCUT2D eigenvalue weighted by atomic mass is 10.1. The molecule has 0 bridgehead atoms. The van der Waals surface area contributed by atoms with Crippen molar-refractivity contribution in [3.05, 3.63) is 88.7 Å². The molecule has 0 unspecified atom stereocenters. The van der Waals surface area contributed by atoms with E-state index in [9.17, 15) is 9.59 Å². The van der Waals surface area contributed by atoms with E-state index in [1.54, 1.807) is 55.6 Å². The fourth-order valence-corrected chi connectivity index (χ4v) is 2.64. The zero-order valence-electron chi connectivity index (χ0n) is 14.8. The Morgan fingerprint density at radius 2 is 1.67 bits per heavy atom. The van der Waals surface area contributed by atoms with E-state index in [4.69, 9.17) is 16.3 Å². The molecule has 0 N–H and O–H groups in total. The van der Waals surface area contributed by atoms with Crippen molar-refractivity contribution >= 4 is 29.2 Å². The third kappa shape index (κ3) is 4.33. The number of pyridine rings is 1. The van der Waals surface area contributed by atoms with E-state index in [2.05, 4.69) is 4.98 Å². The minimum absolute atomic E-state index is 0.0857. The molecular weight excluding hydrogens is 364 g/mol. The van der Waals surface area contributed by atoms with Crippen LogP contribution in [0.1, 0.15) is 26.3 Å². The van der Waals surface area contributed by atoms with E-state index in [0.717, 1.165) is 5.56 Å². The summed E-state index contributed by atoms with van der Waals surface area (Å²) in [5, 5.41) is 0.0857. The number of rotatable bonds is 4. The number of nitrogens with zero attached hydrogens (tertiary/aromatic N) is 2. The summed E-state index contributed by atoms with van der Waals surface area (Å²) < 4.78 is 5.31. The maximum absolute atomic E-state index is 12.6. The molecule has 0 fully saturated rings. The molecule has 3 aromatic rings. The van der Waals surface area contributed by atoms with Gasteiger partial charge in [0, 0.05) is 24.5 Å². The molecule has 0 aliphatic heterocycles. The van der Waals surface area contributed by atoms with Crippen molar-refractivity contribution in [2.45, 2.75) is 6.92 Å². The second-order valence-corrected chi connectivity index (χ2v) is 6.31. The first-order valence-electron chi connectivity index (χ1n) is 8.23. The predicted molar refractivity (Wildman–Crippen MR) is 105 cm³/mol. The van der Waals surface area contributed by atoms with Gasteiger partial charge in [-0.2, -0.15) is 0 Å². The van der Waals surface area contributed by atoms with Crippen molar-refractivity contribution in [1.29, 1.82) is 0 Å². The van der Waals surface area contributed by atoms with E-state index in [-0.39, 0.29) is 16.6 Å². The van der Waals surface area contributed by atoms with Crippen LogP contribution in [0.2, 0.25) is 5.15 Å². The highest BCUT2D eigenvalue weighted by Crippen LogP contribution is 2.22. The lowest BCUT2D eigenvalue weighted by Crippen LogP contribution is -2.26. The number of amides is 1. The van der Waals surface area contributed by atoms with E-state index in [1.807, 2.05) is 19.1 Å². The normalized spacial score (nSPS) is 10.3. The van der Waals surface area contributed by atoms with Gasteiger partial charge in [-0.25, -0.2) is 9.78 Å². The van der Waals surface area contributed by atoms with Gasteiger partial charge in [0.05, 0.1) is 5.56 Å². The minimum atomic E-state index is -0.593. The van der Waals surface area contributed by atoms with Crippen LogP contribution in [-0.4, -0.2) is 23.9 Å². The molecule has 6 heteroatoms. The predicted octanol–water partition coefficient (Wildman–Crippen LogP) is 4.54. The summed E-state index contributed by atoms with van der Waals surface area (Å²) in [6, 6.07) is 17.2. The molecule has 2 aromatic carbocycles. The standard InChI is InChI=1S/C21H17ClN2O3/c1-14-5-7-15(8-6-14)20(25)24(2)16-9-11-17(12-10-16)27-21(26)18-4-3-13-23-19(18)22/h3-13H,1-2H3. The zero-order valence-corrected chi connectivity index (χ0v) is 15.6. The minimum Gasteiger partial charge on any atom is -0.423 e. The maximum atomic E-state index is 12.6. The molecule has 0 spiro atoms. The Morgan fingerprint density at radius 3 is 2.30 bits per heavy atom. The number of aromatic nitrogens is 1. The van der Waals surface area contributed by atoms with Gasteiger partial charge in [-0.3, -0.25) is 4.79 Å². The number of hydrogen-bond acceptors (Lipinski definition) is 4. The summed E-state index contributed by atoms with van der Waals surface area (Å²) in [5.41, 5.74) is 2.56. The second kappa shape index (κ2) is 8.01. The summed E-state index contributed by atoms with van der Waals surface area (Å²) in [4.78, 5) is 30.1. The van der Waals surface area contributed by atoms with Crippen LogP contribution in [0.4, 0.5) is 5.69 Å². The number of carbonyl (C=O) groups is 2. The summed E-state index contributed by atoms with van der Waals surface area (Å²) in [6.07, 6.45) is 1.49. The number of halogens is 1. The molecule has 27 heavy (non-hydrogen) atoms. The molecule has 0 saturated heterocycles. The molecule has 1 aromatic heterocycles. The summed E-state index contributed by atoms with van der Waals surface area (Å²) in [6.45, 7) is 1.97. The van der Waals surface area contributed by atoms with E-state index >= 15 is 0 Å². The van der Waals surface area contributed by atoms with Crippen LogP contribution in [0.3, 0.4) is 0 Å². The monoisotopic (exact) mass is 380 g/mol. The molecule has 0 aliphatic carbocycles. The number of aryl methyl sites for hydroxylation is 1. The molecule has 136 valence electrons. The van der Waals surface area contributed by atoms with Gasteiger partial charge in [0.25, 0.3) is 5.91 Å². The third-order valence-electron chi connectivity index (χ3n) is 4.02. The zero-order chi connectivity index (χ0) is 19.4. The molecule has 1 heterocycles. The highest BCUT2D eigenvalue weighted by atomic mass is 35.5. The van der Waals surface area contributed by atoms with Crippen LogP contribution in [0, 0.1) is 6.92 Å². The average Bonchev–Trinajstić information content (AvgIpc) is 2.68. The van der Waals surface area contributed by atoms with Gasteiger partial charge in [0.2, 0.25) is 0 Å². The molecule has 0 saturated carbocycles. The number of anilines is 1. The Hall–Kier alpha value is -3.18. The molecule has 0 radical (unpaired) electrons. The van der Waals surface area contributed by atoms with Crippen LogP contribution in [0.15, 0.2) is 66.9 Å². The van der Waals surface area contributed by atoms with E-state index in [1.165, 1.54) is 11.1 Å². The first kappa shape index (κ1) is 18.6. The van der Waals surface area contributed by atoms with Gasteiger partial charge in [-0.05, 0) is 55.5 Å². The van der Waals surface area contributed by atoms with Gasteiger partial charge in [-0.15, -0.1) is 0 Å². The van der Waals surface area contributed by atoms with Crippen LogP contribution in [0.25, 0.3) is 0 Å². The second-order valence-electron chi connectivity index (χ2n) is 5.96. The van der Waals surface area contributed by atoms with Crippen molar-refractivity contribution < 1.29 is 14.3 Å². The van der Waals surface area contributed by atoms with Crippen molar-refractivity contribution in [3.8, 4) is 5.75 Å². The van der Waals surface area contributed by atoms with Crippen LogP contribution < -0.4 is 9.64 Å². The summed E-state index contributed by atoms with van der Waals surface area (Å²) >= 11 is 5.90. The Balaban J connectivity index is 1.71. The van der Waals surface area contributed by atoms with E-state index in [0.29, 0.717) is 17.0 Å². The van der Waals surface area contributed by atoms with Gasteiger partial charge >= 0.3 is 5.97 Å². The summed E-state index contributed by atoms with van der Waals surface area (Å²) in [7, 11) is 1.69. The third-order valence-corrected chi connectivity index (χ3v) is 4.32. The Kier molecular flexibility index (Phi) is 5.52. The lowest BCUT2D eigenvalue weighted by molar-refractivity contribution is 0.0734. The first-order valence-corrected chi connectivity index (χ1v) is 8.61. The van der Waals surface area contributed by atoms with Crippen LogP contribution >= 0.6 is 11.6 Å². The quantitative estimate of drug-likeness (QED) is 0.379. The largest absolute Gasteiger partial charge is 0.423 e. The van der Waals surface area contributed by atoms with Crippen molar-refractivity contribution in [2.24, 2.45) is 0 Å². The van der Waals surface area contributed by atoms with Gasteiger partial charge in [0.15, 0.2) is 0 Å². The molecule has 3 rings (SSSR count). The SMILES string of the molecule is Cc1ccc(C(=O)N(C)c2ccc(OC(=O)c3cccnc3Cl)cc2)cc1. The van der Waals surface area contributed by atoms with E-state index < -0.39 is 5.97 Å². The van der Waals surface area contributed by atoms with Crippen molar-refractivity contribution in [1.82, 2.24) is 4.98 Å². The number of esters is 1. The Bertz CT molecular complexity index is 969. The molecule has 0 atom stereocenters. The van der Waals surface area contributed by atoms with Gasteiger partial charge in [0.1, 0.15) is 10.9 Å². The fourth-order valence-electron chi connectivity index (χ4n) is 2.45. The molecule has 0 aliphatic rings. The number of hydrogen-bond donors (Lipinski definition) is 0. The average molecular weight is 381 g/mol. The topological polar surface area (TPSA) is 59.5 Å². The van der Waals surface area contributed by atoms with Crippen molar-refractivity contribution in [3.63, 3.8) is 0 Å². The van der Waals surface area contributed by atoms with Crippen LogP contribution in [-0.2, 0) is 0 Å². The lowest BCUT2D eigenvalue weighted by Gasteiger charge is -2.18. The molecule has 5 nitrogen and oxygen atoms in total. The van der Waals surface area contributed by atoms with Gasteiger partial charge in [-0.1, -0.05) is 29.3 Å². The first-order chi connectivity index (χ1) is 13.0. The number of carbonyl (C=O) groups excluding carboxylic acids is 2.